The van der Waals surface area contributed by atoms with Crippen LogP contribution < -0.4 is 0 Å². The first-order chi connectivity index (χ1) is 9.74. The molecule has 1 aromatic heterocycles. The van der Waals surface area contributed by atoms with Crippen molar-refractivity contribution in [3.8, 4) is 0 Å². The molecule has 3 rings (SSSR count). The van der Waals surface area contributed by atoms with E-state index in [1.54, 1.807) is 12.4 Å². The molecule has 1 aliphatic heterocycles. The van der Waals surface area contributed by atoms with Crippen molar-refractivity contribution in [3.05, 3.63) is 65.5 Å². The highest BCUT2D eigenvalue weighted by molar-refractivity contribution is 5.85. The molecule has 118 valence electrons. The number of pyridine rings is 1. The van der Waals surface area contributed by atoms with Crippen LogP contribution in [-0.4, -0.2) is 27.0 Å². The summed E-state index contributed by atoms with van der Waals surface area (Å²) in [5.41, 5.74) is 3.40. The molecule has 1 unspecified atom stereocenters. The van der Waals surface area contributed by atoms with Crippen molar-refractivity contribution in [2.24, 2.45) is 0 Å². The summed E-state index contributed by atoms with van der Waals surface area (Å²) in [6, 6.07) is 11.5. The second kappa shape index (κ2) is 8.13. The van der Waals surface area contributed by atoms with E-state index in [1.807, 2.05) is 35.2 Å². The molecule has 4 nitrogen and oxygen atoms in total. The van der Waals surface area contributed by atoms with E-state index in [-0.39, 0.29) is 24.8 Å². The molecule has 0 fully saturated rings. The summed E-state index contributed by atoms with van der Waals surface area (Å²) >= 11 is 0. The van der Waals surface area contributed by atoms with Crippen molar-refractivity contribution in [1.82, 2.24) is 9.88 Å². The maximum atomic E-state index is 11.5. The first-order valence-corrected chi connectivity index (χ1v) is 6.66. The number of benzene rings is 1. The minimum absolute atomic E-state index is 0. The van der Waals surface area contributed by atoms with E-state index in [2.05, 4.69) is 11.1 Å². The third-order valence-corrected chi connectivity index (χ3v) is 3.74. The second-order valence-corrected chi connectivity index (χ2v) is 5.09. The Kier molecular flexibility index (Phi) is 6.81. The van der Waals surface area contributed by atoms with Crippen LogP contribution in [0, 0.1) is 0 Å². The molecule has 1 atom stereocenters. The molecule has 1 aliphatic rings. The monoisotopic (exact) mass is 340 g/mol. The third kappa shape index (κ3) is 3.97. The lowest BCUT2D eigenvalue weighted by Gasteiger charge is -2.34. The Balaban J connectivity index is 0.00000121. The summed E-state index contributed by atoms with van der Waals surface area (Å²) in [5.74, 6) is -0.761. The van der Waals surface area contributed by atoms with Gasteiger partial charge in [0.1, 0.15) is 6.04 Å². The molecule has 1 aromatic carbocycles. The standard InChI is InChI=1S/C16H16N2O2.2ClH/c19-16(20)15-8-13-5-1-2-6-14(13)11-18(15)10-12-4-3-7-17-9-12;;/h1-7,9,15H,8,10-11H2,(H,19,20);2*1H. The van der Waals surface area contributed by atoms with E-state index in [4.69, 9.17) is 0 Å². The van der Waals surface area contributed by atoms with Crippen molar-refractivity contribution < 1.29 is 9.90 Å². The van der Waals surface area contributed by atoms with Gasteiger partial charge in [-0.1, -0.05) is 30.3 Å². The van der Waals surface area contributed by atoms with Gasteiger partial charge in [-0.05, 0) is 29.2 Å². The first kappa shape index (κ1) is 18.4. The Bertz CT molecular complexity index is 623. The fraction of sp³-hybridized carbons (Fsp3) is 0.250. The molecule has 0 saturated carbocycles. The fourth-order valence-corrected chi connectivity index (χ4v) is 2.71. The Morgan fingerprint density at radius 2 is 1.91 bits per heavy atom. The van der Waals surface area contributed by atoms with Crippen molar-refractivity contribution >= 4 is 30.8 Å². The number of carbonyl (C=O) groups is 1. The van der Waals surface area contributed by atoms with Crippen LogP contribution in [-0.2, 0) is 24.3 Å². The first-order valence-electron chi connectivity index (χ1n) is 6.66. The number of hydrogen-bond donors (Lipinski definition) is 1. The summed E-state index contributed by atoms with van der Waals surface area (Å²) in [5, 5.41) is 9.45. The van der Waals surface area contributed by atoms with E-state index in [1.165, 1.54) is 5.56 Å². The van der Waals surface area contributed by atoms with Gasteiger partial charge in [-0.25, -0.2) is 0 Å². The topological polar surface area (TPSA) is 53.4 Å². The summed E-state index contributed by atoms with van der Waals surface area (Å²) < 4.78 is 0. The van der Waals surface area contributed by atoms with Gasteiger partial charge in [0.2, 0.25) is 0 Å². The SMILES string of the molecule is Cl.Cl.O=C(O)C1Cc2ccccc2CN1Cc1cccnc1. The summed E-state index contributed by atoms with van der Waals surface area (Å²) in [6.07, 6.45) is 4.08. The molecule has 0 radical (unpaired) electrons. The van der Waals surface area contributed by atoms with Crippen LogP contribution >= 0.6 is 24.8 Å². The highest BCUT2D eigenvalue weighted by atomic mass is 35.5. The maximum absolute atomic E-state index is 11.5. The number of fused-ring (bicyclic) bond motifs is 1. The van der Waals surface area contributed by atoms with Gasteiger partial charge >= 0.3 is 5.97 Å². The van der Waals surface area contributed by atoms with Gasteiger partial charge in [0.15, 0.2) is 0 Å². The van der Waals surface area contributed by atoms with Crippen LogP contribution in [0.3, 0.4) is 0 Å². The average molecular weight is 341 g/mol. The third-order valence-electron chi connectivity index (χ3n) is 3.74. The lowest BCUT2D eigenvalue weighted by molar-refractivity contribution is -0.144. The minimum Gasteiger partial charge on any atom is -0.480 e. The van der Waals surface area contributed by atoms with Crippen LogP contribution in [0.1, 0.15) is 16.7 Å². The number of carboxylic acid groups (broad SMARTS) is 1. The Hall–Kier alpha value is -1.62. The Labute approximate surface area is 142 Å². The number of hydrogen-bond acceptors (Lipinski definition) is 3. The molecule has 22 heavy (non-hydrogen) atoms. The zero-order valence-corrected chi connectivity index (χ0v) is 13.5. The lowest BCUT2D eigenvalue weighted by atomic mass is 9.93. The number of carboxylic acids is 1. The van der Waals surface area contributed by atoms with E-state index in [9.17, 15) is 9.90 Å². The zero-order valence-electron chi connectivity index (χ0n) is 11.9. The van der Waals surface area contributed by atoms with Crippen LogP contribution in [0.5, 0.6) is 0 Å². The van der Waals surface area contributed by atoms with Crippen LogP contribution in [0.15, 0.2) is 48.8 Å². The van der Waals surface area contributed by atoms with Crippen molar-refractivity contribution in [3.63, 3.8) is 0 Å². The van der Waals surface area contributed by atoms with Gasteiger partial charge in [0.25, 0.3) is 0 Å². The van der Waals surface area contributed by atoms with E-state index < -0.39 is 12.0 Å². The number of aliphatic carboxylic acids is 1. The predicted molar refractivity (Wildman–Crippen MR) is 89.5 cm³/mol. The van der Waals surface area contributed by atoms with E-state index in [0.29, 0.717) is 19.5 Å². The molecule has 0 amide bonds. The Morgan fingerprint density at radius 1 is 1.18 bits per heavy atom. The smallest absolute Gasteiger partial charge is 0.321 e. The summed E-state index contributed by atoms with van der Waals surface area (Å²) in [6.45, 7) is 1.28. The predicted octanol–water partition coefficient (Wildman–Crippen LogP) is 2.94. The number of rotatable bonds is 3. The van der Waals surface area contributed by atoms with Crippen LogP contribution in [0.4, 0.5) is 0 Å². The van der Waals surface area contributed by atoms with Gasteiger partial charge in [-0.15, -0.1) is 24.8 Å². The lowest BCUT2D eigenvalue weighted by Crippen LogP contribution is -2.45. The highest BCUT2D eigenvalue weighted by Crippen LogP contribution is 2.24. The van der Waals surface area contributed by atoms with Crippen molar-refractivity contribution in [1.29, 1.82) is 0 Å². The molecule has 0 saturated heterocycles. The van der Waals surface area contributed by atoms with Gasteiger partial charge in [-0.3, -0.25) is 14.7 Å². The number of halogens is 2. The molecule has 2 aromatic rings. The molecule has 0 spiro atoms. The van der Waals surface area contributed by atoms with Gasteiger partial charge in [0, 0.05) is 25.5 Å². The molecular formula is C16H18Cl2N2O2. The molecular weight excluding hydrogens is 323 g/mol. The largest absolute Gasteiger partial charge is 0.480 e. The van der Waals surface area contributed by atoms with Gasteiger partial charge < -0.3 is 5.11 Å². The Morgan fingerprint density at radius 3 is 2.55 bits per heavy atom. The highest BCUT2D eigenvalue weighted by Gasteiger charge is 2.31. The molecule has 0 bridgehead atoms. The molecule has 0 aliphatic carbocycles. The van der Waals surface area contributed by atoms with Crippen molar-refractivity contribution in [2.45, 2.75) is 25.6 Å². The number of nitrogens with zero attached hydrogens (tertiary/aromatic N) is 2. The quantitative estimate of drug-likeness (QED) is 0.933. The van der Waals surface area contributed by atoms with Crippen LogP contribution in [0.2, 0.25) is 0 Å². The molecule has 1 N–H and O–H groups in total. The average Bonchev–Trinajstić information content (AvgIpc) is 2.47. The number of aromatic nitrogens is 1. The molecule has 2 heterocycles. The zero-order chi connectivity index (χ0) is 13.9. The summed E-state index contributed by atoms with van der Waals surface area (Å²) in [7, 11) is 0. The van der Waals surface area contributed by atoms with E-state index >= 15 is 0 Å². The van der Waals surface area contributed by atoms with Gasteiger partial charge in [0.05, 0.1) is 0 Å². The normalized spacial score (nSPS) is 16.8. The fourth-order valence-electron chi connectivity index (χ4n) is 2.71. The van der Waals surface area contributed by atoms with Crippen LogP contribution in [0.25, 0.3) is 0 Å². The minimum atomic E-state index is -0.761. The summed E-state index contributed by atoms with van der Waals surface area (Å²) in [4.78, 5) is 17.6. The second-order valence-electron chi connectivity index (χ2n) is 5.09. The van der Waals surface area contributed by atoms with E-state index in [0.717, 1.165) is 11.1 Å². The van der Waals surface area contributed by atoms with Crippen molar-refractivity contribution in [2.75, 3.05) is 0 Å². The molecule has 6 heteroatoms. The van der Waals surface area contributed by atoms with Gasteiger partial charge in [-0.2, -0.15) is 0 Å². The maximum Gasteiger partial charge on any atom is 0.321 e.